The highest BCUT2D eigenvalue weighted by molar-refractivity contribution is 7.92. The number of carbonyl (C=O) groups excluding carboxylic acids is 1. The van der Waals surface area contributed by atoms with Crippen molar-refractivity contribution in [2.75, 3.05) is 4.72 Å². The smallest absolute Gasteiger partial charge is 0.274 e. The predicted molar refractivity (Wildman–Crippen MR) is 163 cm³/mol. The zero-order valence-corrected chi connectivity index (χ0v) is 23.7. The zero-order chi connectivity index (χ0) is 28.4. The summed E-state index contributed by atoms with van der Waals surface area (Å²) in [7, 11) is -3.94. The molecule has 1 aliphatic heterocycles. The summed E-state index contributed by atoms with van der Waals surface area (Å²) >= 11 is 5.94. The van der Waals surface area contributed by atoms with Crippen molar-refractivity contribution in [3.05, 3.63) is 136 Å². The van der Waals surface area contributed by atoms with E-state index in [2.05, 4.69) is 22.9 Å². The van der Waals surface area contributed by atoms with Gasteiger partial charge in [0.25, 0.3) is 15.9 Å². The number of hydrazone groups is 1. The topological polar surface area (TPSA) is 78.8 Å². The minimum absolute atomic E-state index is 0.0107. The molecule has 2 atom stereocenters. The average Bonchev–Trinajstić information content (AvgIpc) is 3.40. The Morgan fingerprint density at radius 3 is 2.34 bits per heavy atom. The van der Waals surface area contributed by atoms with Gasteiger partial charge >= 0.3 is 0 Å². The van der Waals surface area contributed by atoms with Gasteiger partial charge in [0, 0.05) is 22.2 Å². The van der Waals surface area contributed by atoms with E-state index in [1.54, 1.807) is 41.4 Å². The van der Waals surface area contributed by atoms with Gasteiger partial charge in [-0.15, -0.1) is 0 Å². The first kappa shape index (κ1) is 27.0. The van der Waals surface area contributed by atoms with Crippen molar-refractivity contribution < 1.29 is 13.2 Å². The van der Waals surface area contributed by atoms with Gasteiger partial charge < -0.3 is 0 Å². The van der Waals surface area contributed by atoms with Crippen LogP contribution in [0.4, 0.5) is 5.69 Å². The number of hydrogen-bond acceptors (Lipinski definition) is 4. The lowest BCUT2D eigenvalue weighted by Crippen LogP contribution is -2.32. The lowest BCUT2D eigenvalue weighted by molar-refractivity contribution is 0.0680. The number of anilines is 1. The maximum Gasteiger partial charge on any atom is 0.274 e. The molecule has 0 aromatic heterocycles. The second-order valence-electron chi connectivity index (χ2n) is 10.2. The third-order valence-corrected chi connectivity index (χ3v) is 9.11. The third-order valence-electron chi connectivity index (χ3n) is 7.48. The minimum Gasteiger partial charge on any atom is -0.280 e. The molecule has 1 amide bonds. The van der Waals surface area contributed by atoms with Crippen LogP contribution in [0.15, 0.2) is 125 Å². The van der Waals surface area contributed by atoms with Crippen LogP contribution >= 0.6 is 11.6 Å². The lowest BCUT2D eigenvalue weighted by atomic mass is 9.77. The Morgan fingerprint density at radius 1 is 0.902 bits per heavy atom. The number of halogens is 1. The summed E-state index contributed by atoms with van der Waals surface area (Å²) in [6.07, 6.45) is 4.96. The van der Waals surface area contributed by atoms with E-state index >= 15 is 0 Å². The molecular weight excluding hydrogens is 554 g/mol. The zero-order valence-electron chi connectivity index (χ0n) is 22.2. The highest BCUT2D eigenvalue weighted by atomic mass is 35.5. The highest BCUT2D eigenvalue weighted by Crippen LogP contribution is 2.45. The Kier molecular flexibility index (Phi) is 7.47. The fourth-order valence-electron chi connectivity index (χ4n) is 5.56. The number of hydrogen-bond donors (Lipinski definition) is 1. The summed E-state index contributed by atoms with van der Waals surface area (Å²) in [5, 5.41) is 7.00. The largest absolute Gasteiger partial charge is 0.280 e. The first-order valence-electron chi connectivity index (χ1n) is 13.5. The summed E-state index contributed by atoms with van der Waals surface area (Å²) in [6, 6.07) is 32.3. The molecule has 0 radical (unpaired) electrons. The highest BCUT2D eigenvalue weighted by Gasteiger charge is 2.44. The third kappa shape index (κ3) is 5.69. The molecule has 0 saturated heterocycles. The van der Waals surface area contributed by atoms with Crippen LogP contribution in [-0.4, -0.2) is 25.0 Å². The molecule has 0 spiro atoms. The molecule has 206 valence electrons. The monoisotopic (exact) mass is 581 g/mol. The quantitative estimate of drug-likeness (QED) is 0.255. The van der Waals surface area contributed by atoms with E-state index in [4.69, 9.17) is 16.7 Å². The number of nitrogens with zero attached hydrogens (tertiary/aromatic N) is 2. The molecule has 0 bridgehead atoms. The van der Waals surface area contributed by atoms with Crippen LogP contribution in [0, 0.1) is 5.92 Å². The van der Waals surface area contributed by atoms with Crippen molar-refractivity contribution in [3.8, 4) is 0 Å². The van der Waals surface area contributed by atoms with E-state index in [1.807, 2.05) is 48.5 Å². The van der Waals surface area contributed by atoms with Crippen LogP contribution in [0.1, 0.15) is 46.8 Å². The van der Waals surface area contributed by atoms with Gasteiger partial charge in [-0.1, -0.05) is 78.3 Å². The molecule has 1 N–H and O–H groups in total. The molecule has 1 saturated carbocycles. The number of nitrogens with one attached hydrogen (secondary N) is 1. The molecule has 0 unspecified atom stereocenters. The van der Waals surface area contributed by atoms with Gasteiger partial charge in [0.15, 0.2) is 0 Å². The van der Waals surface area contributed by atoms with Gasteiger partial charge in [-0.3, -0.25) is 9.52 Å². The Balaban J connectivity index is 1.36. The fraction of sp³-hybridized carbons (Fsp3) is 0.152. The second-order valence-corrected chi connectivity index (χ2v) is 12.3. The van der Waals surface area contributed by atoms with Crippen LogP contribution in [0.3, 0.4) is 0 Å². The van der Waals surface area contributed by atoms with Gasteiger partial charge in [-0.2, -0.15) is 5.10 Å². The predicted octanol–water partition coefficient (Wildman–Crippen LogP) is 7.58. The maximum atomic E-state index is 14.1. The van der Waals surface area contributed by atoms with Crippen molar-refractivity contribution in [2.24, 2.45) is 11.0 Å². The van der Waals surface area contributed by atoms with Gasteiger partial charge in [0.2, 0.25) is 0 Å². The summed E-state index contributed by atoms with van der Waals surface area (Å²) in [5.41, 5.74) is 4.78. The molecule has 6 rings (SSSR count). The molecule has 41 heavy (non-hydrogen) atoms. The van der Waals surface area contributed by atoms with E-state index < -0.39 is 10.0 Å². The van der Waals surface area contributed by atoms with Gasteiger partial charge in [-0.05, 0) is 84.5 Å². The van der Waals surface area contributed by atoms with Crippen molar-refractivity contribution in [3.63, 3.8) is 0 Å². The lowest BCUT2D eigenvalue weighted by Gasteiger charge is -2.29. The Bertz CT molecular complexity index is 1740. The second kappa shape index (κ2) is 11.4. The number of amides is 1. The standard InChI is InChI=1S/C33H28ClN3O3S/c34-27-17-19-28(20-18-27)36-41(39,40)29-15-7-14-26(22-29)33(38)37-32(24-11-5-2-6-12-24)30-16-8-13-25(31(30)35-37)21-23-9-3-1-4-10-23/h1-7,9-12,14-15,17-22,30,32,36H,8,13,16H2/b25-21-/t30-,32+/m1/s1. The van der Waals surface area contributed by atoms with E-state index in [0.717, 1.165) is 41.7 Å². The van der Waals surface area contributed by atoms with E-state index in [0.29, 0.717) is 10.7 Å². The van der Waals surface area contributed by atoms with Crippen LogP contribution < -0.4 is 4.72 Å². The molecule has 8 heteroatoms. The summed E-state index contributed by atoms with van der Waals surface area (Å²) in [5.74, 6) is -0.299. The van der Waals surface area contributed by atoms with Gasteiger partial charge in [0.05, 0.1) is 16.6 Å². The van der Waals surface area contributed by atoms with Crippen LogP contribution in [0.5, 0.6) is 0 Å². The maximum absolute atomic E-state index is 14.1. The van der Waals surface area contributed by atoms with Crippen LogP contribution in [0.25, 0.3) is 6.08 Å². The molecule has 4 aromatic carbocycles. The van der Waals surface area contributed by atoms with Gasteiger partial charge in [0.1, 0.15) is 0 Å². The minimum atomic E-state index is -3.94. The fourth-order valence-corrected chi connectivity index (χ4v) is 6.79. The molecule has 1 fully saturated rings. The number of rotatable bonds is 6. The number of carbonyl (C=O) groups is 1. The first-order chi connectivity index (χ1) is 19.9. The Labute approximate surface area is 245 Å². The van der Waals surface area contributed by atoms with E-state index in [1.165, 1.54) is 12.1 Å². The Hall–Kier alpha value is -4.20. The number of sulfonamides is 1. The molecule has 1 heterocycles. The van der Waals surface area contributed by atoms with Crippen molar-refractivity contribution >= 4 is 45.0 Å². The molecular formula is C33H28ClN3O3S. The summed E-state index contributed by atoms with van der Waals surface area (Å²) in [6.45, 7) is 0. The van der Waals surface area contributed by atoms with Gasteiger partial charge in [-0.25, -0.2) is 13.4 Å². The SMILES string of the molecule is O=C(c1cccc(S(=O)(=O)Nc2ccc(Cl)cc2)c1)N1N=C2/C(=C\c3ccccc3)CCC[C@H]2[C@@H]1c1ccccc1. The number of allylic oxidation sites excluding steroid dienone is 1. The summed E-state index contributed by atoms with van der Waals surface area (Å²) in [4.78, 5) is 14.1. The average molecular weight is 582 g/mol. The van der Waals surface area contributed by atoms with E-state index in [-0.39, 0.29) is 28.3 Å². The number of benzene rings is 4. The first-order valence-corrected chi connectivity index (χ1v) is 15.4. The van der Waals surface area contributed by atoms with Crippen molar-refractivity contribution in [2.45, 2.75) is 30.2 Å². The molecule has 6 nitrogen and oxygen atoms in total. The normalized spacial score (nSPS) is 19.5. The van der Waals surface area contributed by atoms with E-state index in [9.17, 15) is 13.2 Å². The molecule has 4 aromatic rings. The molecule has 2 aliphatic rings. The Morgan fingerprint density at radius 2 is 1.61 bits per heavy atom. The number of fused-ring (bicyclic) bond motifs is 1. The van der Waals surface area contributed by atoms with Crippen molar-refractivity contribution in [1.29, 1.82) is 0 Å². The van der Waals surface area contributed by atoms with Crippen LogP contribution in [-0.2, 0) is 10.0 Å². The van der Waals surface area contributed by atoms with Crippen LogP contribution in [0.2, 0.25) is 5.02 Å². The van der Waals surface area contributed by atoms with Crippen molar-refractivity contribution in [1.82, 2.24) is 5.01 Å². The summed E-state index contributed by atoms with van der Waals surface area (Å²) < 4.78 is 28.9. The molecule has 1 aliphatic carbocycles.